The van der Waals surface area contributed by atoms with Gasteiger partial charge in [-0.2, -0.15) is 0 Å². The van der Waals surface area contributed by atoms with Gasteiger partial charge in [-0.25, -0.2) is 0 Å². The Morgan fingerprint density at radius 3 is 2.00 bits per heavy atom. The Bertz CT molecular complexity index is 874. The second-order valence-corrected chi connectivity index (χ2v) is 6.01. The summed E-state index contributed by atoms with van der Waals surface area (Å²) in [5.41, 5.74) is 0.757. The van der Waals surface area contributed by atoms with Crippen LogP contribution in [0.2, 0.25) is 10.0 Å². The molecule has 0 atom stereocenters. The monoisotopic (exact) mass is 368 g/mol. The standard InChI is InChI=1S/C21H14Cl2O2/c22-17-13-16(14-18(23)15-17)5-4-12-24-19-8-10-21(11-9-19)25-20-6-2-1-3-7-20/h1-3,6-11,13-15H,12H2. The summed E-state index contributed by atoms with van der Waals surface area (Å²) in [4.78, 5) is 0. The summed E-state index contributed by atoms with van der Waals surface area (Å²) >= 11 is 11.9. The van der Waals surface area contributed by atoms with Crippen molar-refractivity contribution < 1.29 is 9.47 Å². The van der Waals surface area contributed by atoms with E-state index in [9.17, 15) is 0 Å². The third-order valence-corrected chi connectivity index (χ3v) is 3.65. The van der Waals surface area contributed by atoms with Crippen LogP contribution in [-0.4, -0.2) is 6.61 Å². The molecule has 0 bridgehead atoms. The van der Waals surface area contributed by atoms with Crippen molar-refractivity contribution in [3.63, 3.8) is 0 Å². The molecule has 0 heterocycles. The van der Waals surface area contributed by atoms with E-state index in [0.29, 0.717) is 10.0 Å². The van der Waals surface area contributed by atoms with Gasteiger partial charge >= 0.3 is 0 Å². The van der Waals surface area contributed by atoms with Gasteiger partial charge < -0.3 is 9.47 Å². The number of hydrogen-bond acceptors (Lipinski definition) is 2. The molecule has 3 aromatic rings. The van der Waals surface area contributed by atoms with Crippen molar-refractivity contribution in [3.8, 4) is 29.1 Å². The average molecular weight is 369 g/mol. The van der Waals surface area contributed by atoms with Crippen molar-refractivity contribution in [2.75, 3.05) is 6.61 Å². The van der Waals surface area contributed by atoms with E-state index in [0.717, 1.165) is 22.8 Å². The molecule has 0 unspecified atom stereocenters. The minimum Gasteiger partial charge on any atom is -0.481 e. The molecule has 4 heteroatoms. The molecule has 0 saturated carbocycles. The van der Waals surface area contributed by atoms with Gasteiger partial charge in [0.25, 0.3) is 0 Å². The molecule has 3 rings (SSSR count). The summed E-state index contributed by atoms with van der Waals surface area (Å²) in [6.45, 7) is 0.267. The molecule has 25 heavy (non-hydrogen) atoms. The molecule has 3 aromatic carbocycles. The Kier molecular flexibility index (Phi) is 5.85. The van der Waals surface area contributed by atoms with Gasteiger partial charge in [-0.05, 0) is 54.6 Å². The van der Waals surface area contributed by atoms with Crippen LogP contribution in [-0.2, 0) is 0 Å². The van der Waals surface area contributed by atoms with Gasteiger partial charge in [-0.15, -0.1) is 0 Å². The first-order valence-corrected chi connectivity index (χ1v) is 8.35. The molecule has 0 aromatic heterocycles. The SMILES string of the molecule is Clc1cc(Cl)cc(C#CCOc2ccc(Oc3ccccc3)cc2)c1. The second kappa shape index (κ2) is 8.48. The lowest BCUT2D eigenvalue weighted by Crippen LogP contribution is -1.94. The number of rotatable bonds is 4. The van der Waals surface area contributed by atoms with E-state index >= 15 is 0 Å². The molecule has 0 saturated heterocycles. The van der Waals surface area contributed by atoms with Gasteiger partial charge in [0, 0.05) is 15.6 Å². The fraction of sp³-hybridized carbons (Fsp3) is 0.0476. The number of hydrogen-bond donors (Lipinski definition) is 0. The lowest BCUT2D eigenvalue weighted by molar-refractivity contribution is 0.369. The highest BCUT2D eigenvalue weighted by atomic mass is 35.5. The molecule has 0 aliphatic heterocycles. The van der Waals surface area contributed by atoms with Crippen LogP contribution in [0.1, 0.15) is 5.56 Å². The highest BCUT2D eigenvalue weighted by molar-refractivity contribution is 6.34. The zero-order valence-electron chi connectivity index (χ0n) is 13.2. The maximum atomic E-state index is 5.94. The third-order valence-electron chi connectivity index (χ3n) is 3.21. The third kappa shape index (κ3) is 5.46. The lowest BCUT2D eigenvalue weighted by Gasteiger charge is -2.06. The highest BCUT2D eigenvalue weighted by Crippen LogP contribution is 2.23. The average Bonchev–Trinajstić information content (AvgIpc) is 2.60. The maximum Gasteiger partial charge on any atom is 0.149 e. The predicted molar refractivity (Wildman–Crippen MR) is 102 cm³/mol. The zero-order valence-corrected chi connectivity index (χ0v) is 14.7. The smallest absolute Gasteiger partial charge is 0.149 e. The van der Waals surface area contributed by atoms with Crippen molar-refractivity contribution in [1.29, 1.82) is 0 Å². The van der Waals surface area contributed by atoms with Crippen LogP contribution in [0.25, 0.3) is 0 Å². The van der Waals surface area contributed by atoms with E-state index in [1.165, 1.54) is 0 Å². The van der Waals surface area contributed by atoms with Crippen molar-refractivity contribution in [1.82, 2.24) is 0 Å². The van der Waals surface area contributed by atoms with Crippen LogP contribution < -0.4 is 9.47 Å². The van der Waals surface area contributed by atoms with E-state index in [2.05, 4.69) is 11.8 Å². The predicted octanol–water partition coefficient (Wildman–Crippen LogP) is 6.22. The number of halogens is 2. The Morgan fingerprint density at radius 2 is 1.32 bits per heavy atom. The Hall–Kier alpha value is -2.60. The van der Waals surface area contributed by atoms with Gasteiger partial charge in [0.1, 0.15) is 23.9 Å². The topological polar surface area (TPSA) is 18.5 Å². The Labute approximate surface area is 156 Å². The Balaban J connectivity index is 1.55. The first-order valence-electron chi connectivity index (χ1n) is 7.60. The van der Waals surface area contributed by atoms with Crippen LogP contribution in [0.15, 0.2) is 72.8 Å². The van der Waals surface area contributed by atoms with Gasteiger partial charge in [-0.1, -0.05) is 53.2 Å². The van der Waals surface area contributed by atoms with E-state index in [1.807, 2.05) is 54.6 Å². The van der Waals surface area contributed by atoms with Gasteiger partial charge in [0.15, 0.2) is 0 Å². The number of para-hydroxylation sites is 1. The van der Waals surface area contributed by atoms with Crippen LogP contribution in [0.3, 0.4) is 0 Å². The molecule has 0 aliphatic rings. The van der Waals surface area contributed by atoms with Crippen LogP contribution in [0.5, 0.6) is 17.2 Å². The van der Waals surface area contributed by atoms with Crippen molar-refractivity contribution >= 4 is 23.2 Å². The first-order chi connectivity index (χ1) is 12.2. The van der Waals surface area contributed by atoms with E-state index < -0.39 is 0 Å². The van der Waals surface area contributed by atoms with E-state index in [4.69, 9.17) is 32.7 Å². The second-order valence-electron chi connectivity index (χ2n) is 5.14. The largest absolute Gasteiger partial charge is 0.481 e. The molecule has 0 aliphatic carbocycles. The van der Waals surface area contributed by atoms with Crippen LogP contribution in [0, 0.1) is 11.8 Å². The van der Waals surface area contributed by atoms with Crippen molar-refractivity contribution in [2.24, 2.45) is 0 Å². The molecule has 2 nitrogen and oxygen atoms in total. The van der Waals surface area contributed by atoms with Crippen molar-refractivity contribution in [2.45, 2.75) is 0 Å². The quantitative estimate of drug-likeness (QED) is 0.509. The molecule has 0 amide bonds. The van der Waals surface area contributed by atoms with Gasteiger partial charge in [-0.3, -0.25) is 0 Å². The first kappa shape index (κ1) is 17.2. The summed E-state index contributed by atoms with van der Waals surface area (Å²) in [6, 6.07) is 22.2. The number of ether oxygens (including phenoxy) is 2. The summed E-state index contributed by atoms with van der Waals surface area (Å²) in [5, 5.41) is 1.12. The van der Waals surface area contributed by atoms with Gasteiger partial charge in [0.05, 0.1) is 0 Å². The fourth-order valence-electron chi connectivity index (χ4n) is 2.11. The summed E-state index contributed by atoms with van der Waals surface area (Å²) in [7, 11) is 0. The molecule has 0 radical (unpaired) electrons. The number of benzene rings is 3. The van der Waals surface area contributed by atoms with Crippen LogP contribution in [0.4, 0.5) is 0 Å². The summed E-state index contributed by atoms with van der Waals surface area (Å²) in [6.07, 6.45) is 0. The molecule has 0 spiro atoms. The Morgan fingerprint density at radius 1 is 0.720 bits per heavy atom. The lowest BCUT2D eigenvalue weighted by atomic mass is 10.2. The van der Waals surface area contributed by atoms with Crippen molar-refractivity contribution in [3.05, 3.63) is 88.4 Å². The van der Waals surface area contributed by atoms with E-state index in [-0.39, 0.29) is 6.61 Å². The maximum absolute atomic E-state index is 5.94. The zero-order chi connectivity index (χ0) is 17.5. The summed E-state index contributed by atoms with van der Waals surface area (Å²) < 4.78 is 11.3. The molecular formula is C21H14Cl2O2. The minimum atomic E-state index is 0.267. The molecule has 0 fully saturated rings. The molecule has 0 N–H and O–H groups in total. The molecule has 124 valence electrons. The molecular weight excluding hydrogens is 355 g/mol. The van der Waals surface area contributed by atoms with Gasteiger partial charge in [0.2, 0.25) is 0 Å². The fourth-order valence-corrected chi connectivity index (χ4v) is 2.64. The summed E-state index contributed by atoms with van der Waals surface area (Å²) in [5.74, 6) is 8.17. The van der Waals surface area contributed by atoms with Crippen LogP contribution >= 0.6 is 23.2 Å². The highest BCUT2D eigenvalue weighted by Gasteiger charge is 1.98. The van der Waals surface area contributed by atoms with E-state index in [1.54, 1.807) is 18.2 Å². The normalized spacial score (nSPS) is 9.84. The minimum absolute atomic E-state index is 0.267.